The van der Waals surface area contributed by atoms with Crippen molar-refractivity contribution in [3.63, 3.8) is 0 Å². The van der Waals surface area contributed by atoms with Gasteiger partial charge in [-0.3, -0.25) is 14.4 Å². The van der Waals surface area contributed by atoms with Gasteiger partial charge in [0, 0.05) is 0 Å². The van der Waals surface area contributed by atoms with Gasteiger partial charge in [-0.05, 0) is 11.5 Å². The number of carboxylic acids is 1. The number of ether oxygens (including phenoxy) is 1. The van der Waals surface area contributed by atoms with Crippen LogP contribution in [0.5, 0.6) is 0 Å². The minimum atomic E-state index is -1.15. The van der Waals surface area contributed by atoms with E-state index in [2.05, 4.69) is 42.5 Å². The lowest BCUT2D eigenvalue weighted by Gasteiger charge is -2.21. The zero-order valence-electron chi connectivity index (χ0n) is 15.6. The van der Waals surface area contributed by atoms with Crippen LogP contribution in [0.3, 0.4) is 0 Å². The van der Waals surface area contributed by atoms with Crippen LogP contribution in [0.15, 0.2) is 30.3 Å². The molecule has 0 fully saturated rings. The molecule has 0 aliphatic carbocycles. The molecule has 0 unspecified atom stereocenters. The Morgan fingerprint density at radius 1 is 1.07 bits per heavy atom. The third kappa shape index (κ3) is 12.4. The summed E-state index contributed by atoms with van der Waals surface area (Å²) in [5, 5.41) is 14.1. The molecule has 0 radical (unpaired) electrons. The molecule has 1 rings (SSSR count). The Balaban J connectivity index is 0.00000105. The highest BCUT2D eigenvalue weighted by Crippen LogP contribution is 2.04. The largest absolute Gasteiger partial charge is 0.480 e. The Morgan fingerprint density at radius 3 is 2.07 bits per heavy atom. The number of carbonyl (C=O) groups is 4. The second kappa shape index (κ2) is 15.0. The lowest BCUT2D eigenvalue weighted by molar-refractivity contribution is -0.138. The van der Waals surface area contributed by atoms with Gasteiger partial charge in [0.15, 0.2) is 5.78 Å². The van der Waals surface area contributed by atoms with Gasteiger partial charge in [-0.1, -0.05) is 76.0 Å². The van der Waals surface area contributed by atoms with Crippen LogP contribution in [0.2, 0.25) is 0 Å². The molecule has 0 spiro atoms. The molecule has 1 aromatic carbocycles. The van der Waals surface area contributed by atoms with Gasteiger partial charge in [0.1, 0.15) is 19.2 Å². The van der Waals surface area contributed by atoms with E-state index in [1.807, 2.05) is 30.3 Å². The topological polar surface area (TPSA) is 122 Å². The maximum atomic E-state index is 11.9. The number of rotatable bonds is 9. The summed E-state index contributed by atoms with van der Waals surface area (Å²) in [6.45, 7) is 3.07. The molecule has 3 N–H and O–H groups in total. The quantitative estimate of drug-likeness (QED) is 0.427. The number of aliphatic carboxylic acids is 1. The maximum Gasteiger partial charge on any atom is 0.408 e. The molecule has 0 aliphatic rings. The first kappa shape index (κ1) is 26.1. The van der Waals surface area contributed by atoms with E-state index in [9.17, 15) is 19.2 Å². The first-order chi connectivity index (χ1) is 13.2. The van der Waals surface area contributed by atoms with Crippen molar-refractivity contribution in [1.29, 1.82) is 0 Å². The number of Topliss-reactive ketones (excluding diaryl/α,β-unsaturated/α-hetero) is 1. The summed E-state index contributed by atoms with van der Waals surface area (Å²) in [5.41, 5.74) is 0.828. The number of amides is 2. The molecule has 28 heavy (non-hydrogen) atoms. The Hall–Kier alpha value is -1.94. The fourth-order valence-corrected chi connectivity index (χ4v) is 2.66. The summed E-state index contributed by atoms with van der Waals surface area (Å²) in [6.07, 6.45) is -0.729. The zero-order valence-corrected chi connectivity index (χ0v) is 18.8. The normalized spacial score (nSPS) is 10.9. The molecule has 0 saturated heterocycles. The number of carboxylic acid groups (broad SMARTS) is 1. The van der Waals surface area contributed by atoms with Crippen LogP contribution < -0.4 is 10.6 Å². The molecule has 0 aromatic heterocycles. The standard InChI is InChI=1S/C15H20N2O5.C3H4Br2O/c1-10(2)13(14(20)16-8-12(18)19)17-15(21)22-9-11-6-4-3-5-7-11;4-1-3(6)2-5/h3-7,10,13H,8-9H2,1-2H3,(H,16,20)(H,17,21)(H,18,19);1-2H2/t13-;/m0./s1. The molecular formula is C18H24Br2N2O6. The predicted octanol–water partition coefficient (Wildman–Crippen LogP) is 2.48. The summed E-state index contributed by atoms with van der Waals surface area (Å²) in [5.74, 6) is -1.75. The van der Waals surface area contributed by atoms with E-state index in [1.165, 1.54) is 0 Å². The van der Waals surface area contributed by atoms with Crippen LogP contribution in [0.25, 0.3) is 0 Å². The van der Waals surface area contributed by atoms with Crippen molar-refractivity contribution in [2.24, 2.45) is 5.92 Å². The monoisotopic (exact) mass is 522 g/mol. The lowest BCUT2D eigenvalue weighted by atomic mass is 10.0. The Bertz CT molecular complexity index is 634. The highest BCUT2D eigenvalue weighted by Gasteiger charge is 2.25. The number of alkyl carbamates (subject to hydrolysis) is 1. The van der Waals surface area contributed by atoms with E-state index in [1.54, 1.807) is 13.8 Å². The second-order valence-corrected chi connectivity index (χ2v) is 6.97. The van der Waals surface area contributed by atoms with Crippen LogP contribution in [0, 0.1) is 5.92 Å². The molecule has 1 atom stereocenters. The number of halogens is 2. The van der Waals surface area contributed by atoms with E-state index in [4.69, 9.17) is 9.84 Å². The smallest absolute Gasteiger partial charge is 0.408 e. The first-order valence-electron chi connectivity index (χ1n) is 8.31. The molecule has 0 aliphatic heterocycles. The number of nitrogens with one attached hydrogen (secondary N) is 2. The number of ketones is 1. The second-order valence-electron chi connectivity index (χ2n) is 5.85. The minimum absolute atomic E-state index is 0.0915. The fourth-order valence-electron chi connectivity index (χ4n) is 1.74. The van der Waals surface area contributed by atoms with Crippen molar-refractivity contribution >= 4 is 55.6 Å². The maximum absolute atomic E-state index is 11.9. The van der Waals surface area contributed by atoms with Gasteiger partial charge in [0.2, 0.25) is 5.91 Å². The van der Waals surface area contributed by atoms with Crippen molar-refractivity contribution in [1.82, 2.24) is 10.6 Å². The average molecular weight is 524 g/mol. The number of alkyl halides is 2. The lowest BCUT2D eigenvalue weighted by Crippen LogP contribution is -2.50. The third-order valence-electron chi connectivity index (χ3n) is 3.15. The van der Waals surface area contributed by atoms with E-state index in [-0.39, 0.29) is 18.3 Å². The SMILES string of the molecule is CC(C)[C@H](NC(=O)OCc1ccccc1)C(=O)NCC(=O)O.O=C(CBr)CBr. The van der Waals surface area contributed by atoms with E-state index < -0.39 is 30.6 Å². The van der Waals surface area contributed by atoms with Crippen LogP contribution in [0.1, 0.15) is 19.4 Å². The average Bonchev–Trinajstić information content (AvgIpc) is 2.69. The Morgan fingerprint density at radius 2 is 1.64 bits per heavy atom. The molecule has 0 heterocycles. The van der Waals surface area contributed by atoms with Gasteiger partial charge in [-0.25, -0.2) is 4.79 Å². The Kier molecular flexibility index (Phi) is 14.0. The summed E-state index contributed by atoms with van der Waals surface area (Å²) in [6, 6.07) is 8.27. The van der Waals surface area contributed by atoms with E-state index in [0.29, 0.717) is 10.7 Å². The summed E-state index contributed by atoms with van der Waals surface area (Å²) < 4.78 is 5.04. The molecule has 0 saturated carbocycles. The number of benzene rings is 1. The van der Waals surface area contributed by atoms with E-state index in [0.717, 1.165) is 5.56 Å². The molecule has 1 aromatic rings. The van der Waals surface area contributed by atoms with Crippen LogP contribution in [-0.2, 0) is 25.7 Å². The number of carbonyl (C=O) groups excluding carboxylic acids is 3. The van der Waals surface area contributed by atoms with Gasteiger partial charge in [-0.15, -0.1) is 0 Å². The fraction of sp³-hybridized carbons (Fsp3) is 0.444. The van der Waals surface area contributed by atoms with Crippen molar-refractivity contribution in [3.05, 3.63) is 35.9 Å². The Labute approximate surface area is 180 Å². The van der Waals surface area contributed by atoms with Gasteiger partial charge < -0.3 is 20.5 Å². The molecule has 0 bridgehead atoms. The van der Waals surface area contributed by atoms with Gasteiger partial charge in [0.25, 0.3) is 0 Å². The summed E-state index contributed by atoms with van der Waals surface area (Å²) >= 11 is 5.99. The third-order valence-corrected chi connectivity index (χ3v) is 4.40. The van der Waals surface area contributed by atoms with Crippen molar-refractivity contribution in [2.75, 3.05) is 17.2 Å². The summed E-state index contributed by atoms with van der Waals surface area (Å²) in [4.78, 5) is 44.1. The summed E-state index contributed by atoms with van der Waals surface area (Å²) in [7, 11) is 0. The van der Waals surface area contributed by atoms with Crippen molar-refractivity contribution in [2.45, 2.75) is 26.5 Å². The molecule has 10 heteroatoms. The highest BCUT2D eigenvalue weighted by atomic mass is 79.9. The molecule has 156 valence electrons. The van der Waals surface area contributed by atoms with Crippen molar-refractivity contribution < 1.29 is 29.0 Å². The highest BCUT2D eigenvalue weighted by molar-refractivity contribution is 9.10. The first-order valence-corrected chi connectivity index (χ1v) is 10.6. The number of hydrogen-bond acceptors (Lipinski definition) is 5. The van der Waals surface area contributed by atoms with Crippen molar-refractivity contribution in [3.8, 4) is 0 Å². The van der Waals surface area contributed by atoms with E-state index >= 15 is 0 Å². The molecule has 8 nitrogen and oxygen atoms in total. The molecule has 2 amide bonds. The van der Waals surface area contributed by atoms with Gasteiger partial charge in [-0.2, -0.15) is 0 Å². The predicted molar refractivity (Wildman–Crippen MR) is 112 cm³/mol. The minimum Gasteiger partial charge on any atom is -0.480 e. The number of hydrogen-bond donors (Lipinski definition) is 3. The van der Waals surface area contributed by atoms with Crippen LogP contribution >= 0.6 is 31.9 Å². The van der Waals surface area contributed by atoms with Crippen LogP contribution in [-0.4, -0.2) is 52.1 Å². The van der Waals surface area contributed by atoms with Gasteiger partial charge >= 0.3 is 12.1 Å². The van der Waals surface area contributed by atoms with Gasteiger partial charge in [0.05, 0.1) is 10.7 Å². The molecular weight excluding hydrogens is 500 g/mol. The zero-order chi connectivity index (χ0) is 21.5. The van der Waals surface area contributed by atoms with Crippen LogP contribution in [0.4, 0.5) is 4.79 Å².